The van der Waals surface area contributed by atoms with E-state index in [1.165, 1.54) is 6.92 Å². The molecular formula is C15H14N2OS. The first-order chi connectivity index (χ1) is 9.18. The number of carbonyl (C=O) groups is 1. The lowest BCUT2D eigenvalue weighted by Crippen LogP contribution is -2.39. The zero-order valence-corrected chi connectivity index (χ0v) is 11.4. The Kier molecular flexibility index (Phi) is 4.26. The minimum absolute atomic E-state index is 0.179. The maximum absolute atomic E-state index is 11.2. The highest BCUT2D eigenvalue weighted by molar-refractivity contribution is 7.80. The molecule has 1 amide bonds. The zero-order valence-electron chi connectivity index (χ0n) is 10.5. The molecule has 96 valence electrons. The molecular weight excluding hydrogens is 256 g/mol. The van der Waals surface area contributed by atoms with E-state index in [4.69, 9.17) is 12.2 Å². The van der Waals surface area contributed by atoms with E-state index in [-0.39, 0.29) is 5.91 Å². The van der Waals surface area contributed by atoms with E-state index in [0.717, 1.165) is 11.4 Å². The van der Waals surface area contributed by atoms with Gasteiger partial charge in [-0.3, -0.25) is 9.69 Å². The fourth-order valence-electron chi connectivity index (χ4n) is 1.74. The maximum atomic E-state index is 11.2. The second kappa shape index (κ2) is 6.11. The first-order valence-electron chi connectivity index (χ1n) is 5.90. The van der Waals surface area contributed by atoms with E-state index < -0.39 is 0 Å². The van der Waals surface area contributed by atoms with E-state index in [1.54, 1.807) is 0 Å². The van der Waals surface area contributed by atoms with Gasteiger partial charge in [-0.2, -0.15) is 0 Å². The van der Waals surface area contributed by atoms with Gasteiger partial charge in [-0.05, 0) is 36.5 Å². The van der Waals surface area contributed by atoms with Crippen molar-refractivity contribution < 1.29 is 4.79 Å². The van der Waals surface area contributed by atoms with E-state index in [1.807, 2.05) is 65.6 Å². The van der Waals surface area contributed by atoms with Gasteiger partial charge < -0.3 is 5.32 Å². The molecule has 0 fully saturated rings. The topological polar surface area (TPSA) is 32.3 Å². The van der Waals surface area contributed by atoms with Gasteiger partial charge in [0.2, 0.25) is 5.91 Å². The average molecular weight is 270 g/mol. The quantitative estimate of drug-likeness (QED) is 0.850. The van der Waals surface area contributed by atoms with Crippen LogP contribution in [0.15, 0.2) is 60.7 Å². The van der Waals surface area contributed by atoms with Crippen LogP contribution in [-0.2, 0) is 4.79 Å². The molecule has 0 saturated heterocycles. The Morgan fingerprint density at radius 1 is 0.947 bits per heavy atom. The van der Waals surface area contributed by atoms with Gasteiger partial charge in [0.25, 0.3) is 0 Å². The Labute approximate surface area is 117 Å². The molecule has 19 heavy (non-hydrogen) atoms. The van der Waals surface area contributed by atoms with E-state index in [0.29, 0.717) is 5.11 Å². The third-order valence-electron chi connectivity index (χ3n) is 2.51. The molecule has 0 heterocycles. The lowest BCUT2D eigenvalue weighted by atomic mass is 10.2. The molecule has 4 heteroatoms. The molecule has 0 spiro atoms. The fraction of sp³-hybridized carbons (Fsp3) is 0.0667. The number of amides is 1. The molecule has 0 aromatic heterocycles. The molecule has 2 aromatic rings. The normalized spacial score (nSPS) is 9.74. The molecule has 0 atom stereocenters. The largest absolute Gasteiger partial charge is 0.303 e. The van der Waals surface area contributed by atoms with Crippen LogP contribution in [-0.4, -0.2) is 11.0 Å². The molecule has 0 saturated carbocycles. The summed E-state index contributed by atoms with van der Waals surface area (Å²) in [5, 5.41) is 3.02. The highest BCUT2D eigenvalue weighted by Crippen LogP contribution is 2.24. The molecule has 2 rings (SSSR count). The van der Waals surface area contributed by atoms with Crippen LogP contribution in [0, 0.1) is 0 Å². The van der Waals surface area contributed by atoms with Crippen molar-refractivity contribution in [3.8, 4) is 0 Å². The predicted molar refractivity (Wildman–Crippen MR) is 81.4 cm³/mol. The van der Waals surface area contributed by atoms with Crippen LogP contribution in [0.3, 0.4) is 0 Å². The maximum Gasteiger partial charge on any atom is 0.223 e. The number of hydrogen-bond donors (Lipinski definition) is 1. The van der Waals surface area contributed by atoms with Gasteiger partial charge >= 0.3 is 0 Å². The third-order valence-corrected chi connectivity index (χ3v) is 2.80. The summed E-state index contributed by atoms with van der Waals surface area (Å²) in [5.74, 6) is -0.179. The van der Waals surface area contributed by atoms with Crippen molar-refractivity contribution >= 4 is 34.6 Å². The molecule has 0 aliphatic carbocycles. The number of para-hydroxylation sites is 2. The molecule has 3 nitrogen and oxygen atoms in total. The lowest BCUT2D eigenvalue weighted by Gasteiger charge is -2.25. The number of nitrogens with one attached hydrogen (secondary N) is 1. The number of thiocarbonyl (C=S) groups is 1. The first kappa shape index (κ1) is 13.2. The molecule has 0 aliphatic rings. The highest BCUT2D eigenvalue weighted by Gasteiger charge is 2.14. The summed E-state index contributed by atoms with van der Waals surface area (Å²) in [5.41, 5.74) is 1.82. The highest BCUT2D eigenvalue weighted by atomic mass is 32.1. The van der Waals surface area contributed by atoms with E-state index in [2.05, 4.69) is 5.32 Å². The van der Waals surface area contributed by atoms with Crippen LogP contribution in [0.2, 0.25) is 0 Å². The van der Waals surface area contributed by atoms with Gasteiger partial charge in [-0.25, -0.2) is 0 Å². The molecule has 2 aromatic carbocycles. The molecule has 1 N–H and O–H groups in total. The van der Waals surface area contributed by atoms with Crippen molar-refractivity contribution in [1.29, 1.82) is 0 Å². The lowest BCUT2D eigenvalue weighted by molar-refractivity contribution is -0.117. The average Bonchev–Trinajstić information content (AvgIpc) is 2.40. The number of anilines is 2. The molecule has 0 aliphatic heterocycles. The number of hydrogen-bond acceptors (Lipinski definition) is 2. The molecule has 0 bridgehead atoms. The molecule has 0 unspecified atom stereocenters. The van der Waals surface area contributed by atoms with E-state index in [9.17, 15) is 4.79 Å². The zero-order chi connectivity index (χ0) is 13.7. The van der Waals surface area contributed by atoms with Crippen LogP contribution in [0.1, 0.15) is 6.92 Å². The van der Waals surface area contributed by atoms with Gasteiger partial charge in [0.05, 0.1) is 0 Å². The van der Waals surface area contributed by atoms with Crippen molar-refractivity contribution in [2.45, 2.75) is 6.92 Å². The second-order valence-electron chi connectivity index (χ2n) is 3.99. The summed E-state index contributed by atoms with van der Waals surface area (Å²) in [4.78, 5) is 13.0. The Morgan fingerprint density at radius 2 is 1.37 bits per heavy atom. The van der Waals surface area contributed by atoms with Crippen molar-refractivity contribution in [2.24, 2.45) is 0 Å². The minimum Gasteiger partial charge on any atom is -0.303 e. The van der Waals surface area contributed by atoms with Gasteiger partial charge in [-0.1, -0.05) is 36.4 Å². The number of rotatable bonds is 2. The SMILES string of the molecule is CC(=O)NC(=S)N(c1ccccc1)c1ccccc1. The second-order valence-corrected chi connectivity index (χ2v) is 4.38. The van der Waals surface area contributed by atoms with E-state index >= 15 is 0 Å². The Balaban J connectivity index is 2.40. The summed E-state index contributed by atoms with van der Waals surface area (Å²) in [6.45, 7) is 1.44. The van der Waals surface area contributed by atoms with Gasteiger partial charge in [0, 0.05) is 18.3 Å². The predicted octanol–water partition coefficient (Wildman–Crippen LogP) is 3.25. The smallest absolute Gasteiger partial charge is 0.223 e. The Morgan fingerprint density at radius 3 is 1.74 bits per heavy atom. The fourth-order valence-corrected chi connectivity index (χ4v) is 2.10. The van der Waals surface area contributed by atoms with Crippen LogP contribution < -0.4 is 10.2 Å². The van der Waals surface area contributed by atoms with Crippen LogP contribution in [0.5, 0.6) is 0 Å². The number of nitrogens with zero attached hydrogens (tertiary/aromatic N) is 1. The van der Waals surface area contributed by atoms with Crippen molar-refractivity contribution in [2.75, 3.05) is 4.90 Å². The summed E-state index contributed by atoms with van der Waals surface area (Å²) < 4.78 is 0. The summed E-state index contributed by atoms with van der Waals surface area (Å²) in [6.07, 6.45) is 0. The minimum atomic E-state index is -0.179. The van der Waals surface area contributed by atoms with Gasteiger partial charge in [0.1, 0.15) is 0 Å². The standard InChI is InChI=1S/C15H14N2OS/c1-12(18)16-15(19)17(13-8-4-2-5-9-13)14-10-6-3-7-11-14/h2-11H,1H3,(H,16,18,19). The van der Waals surface area contributed by atoms with Gasteiger partial charge in [0.15, 0.2) is 5.11 Å². The van der Waals surface area contributed by atoms with Gasteiger partial charge in [-0.15, -0.1) is 0 Å². The van der Waals surface area contributed by atoms with Crippen LogP contribution >= 0.6 is 12.2 Å². The number of benzene rings is 2. The Bertz CT molecular complexity index is 530. The van der Waals surface area contributed by atoms with Crippen molar-refractivity contribution in [3.63, 3.8) is 0 Å². The summed E-state index contributed by atoms with van der Waals surface area (Å²) in [7, 11) is 0. The van der Waals surface area contributed by atoms with Crippen LogP contribution in [0.25, 0.3) is 0 Å². The van der Waals surface area contributed by atoms with Crippen molar-refractivity contribution in [3.05, 3.63) is 60.7 Å². The summed E-state index contributed by atoms with van der Waals surface area (Å²) in [6, 6.07) is 19.4. The monoisotopic (exact) mass is 270 g/mol. The van der Waals surface area contributed by atoms with Crippen molar-refractivity contribution in [1.82, 2.24) is 5.32 Å². The first-order valence-corrected chi connectivity index (χ1v) is 6.31. The summed E-state index contributed by atoms with van der Waals surface area (Å²) >= 11 is 5.31. The Hall–Kier alpha value is -2.20. The third kappa shape index (κ3) is 3.39. The number of carbonyl (C=O) groups excluding carboxylic acids is 1. The van der Waals surface area contributed by atoms with Crippen LogP contribution in [0.4, 0.5) is 11.4 Å². The molecule has 0 radical (unpaired) electrons.